The highest BCUT2D eigenvalue weighted by atomic mass is 16.2. The lowest BCUT2D eigenvalue weighted by molar-refractivity contribution is 0.0734. The second-order valence-corrected chi connectivity index (χ2v) is 5.36. The third-order valence-electron chi connectivity index (χ3n) is 4.05. The number of nitrogens with one attached hydrogen (secondary N) is 1. The topological polar surface area (TPSA) is 45.2 Å². The second kappa shape index (κ2) is 8.65. The van der Waals surface area contributed by atoms with Gasteiger partial charge in [-0.25, -0.2) is 4.98 Å². The summed E-state index contributed by atoms with van der Waals surface area (Å²) >= 11 is 0. The van der Waals surface area contributed by atoms with Crippen molar-refractivity contribution >= 4 is 11.7 Å². The van der Waals surface area contributed by atoms with E-state index in [4.69, 9.17) is 0 Å². The Morgan fingerprint density at radius 2 is 1.90 bits per heavy atom. The molecule has 118 valence electrons. The second-order valence-electron chi connectivity index (χ2n) is 5.36. The van der Waals surface area contributed by atoms with Crippen LogP contribution in [0.25, 0.3) is 0 Å². The average molecular weight is 291 g/mol. The summed E-state index contributed by atoms with van der Waals surface area (Å²) in [5.41, 5.74) is 1.68. The first-order chi connectivity index (χ1) is 10.1. The number of rotatable bonds is 8. The van der Waals surface area contributed by atoms with Gasteiger partial charge >= 0.3 is 0 Å². The van der Waals surface area contributed by atoms with Gasteiger partial charge in [-0.3, -0.25) is 4.79 Å². The Kier molecular flexibility index (Phi) is 7.20. The molecule has 0 aliphatic heterocycles. The van der Waals surface area contributed by atoms with Gasteiger partial charge in [-0.15, -0.1) is 0 Å². The van der Waals surface area contributed by atoms with Crippen molar-refractivity contribution in [1.82, 2.24) is 9.88 Å². The summed E-state index contributed by atoms with van der Waals surface area (Å²) in [6, 6.07) is 3.76. The lowest BCUT2D eigenvalue weighted by Gasteiger charge is -2.25. The number of carbonyl (C=O) groups is 1. The highest BCUT2D eigenvalue weighted by Gasteiger charge is 2.18. The van der Waals surface area contributed by atoms with Gasteiger partial charge < -0.3 is 10.2 Å². The molecule has 0 unspecified atom stereocenters. The van der Waals surface area contributed by atoms with Crippen molar-refractivity contribution in [2.75, 3.05) is 25.5 Å². The van der Waals surface area contributed by atoms with Crippen LogP contribution in [0.3, 0.4) is 0 Å². The smallest absolute Gasteiger partial charge is 0.254 e. The average Bonchev–Trinajstić information content (AvgIpc) is 2.54. The van der Waals surface area contributed by atoms with E-state index in [-0.39, 0.29) is 5.91 Å². The van der Waals surface area contributed by atoms with Gasteiger partial charge in [-0.2, -0.15) is 0 Å². The molecule has 0 aliphatic carbocycles. The van der Waals surface area contributed by atoms with Crippen molar-refractivity contribution in [2.45, 2.75) is 47.0 Å². The molecule has 0 aliphatic rings. The number of amides is 1. The van der Waals surface area contributed by atoms with E-state index in [0.717, 1.165) is 49.4 Å². The molecule has 1 rings (SSSR count). The quantitative estimate of drug-likeness (QED) is 0.796. The third kappa shape index (κ3) is 4.73. The van der Waals surface area contributed by atoms with Gasteiger partial charge in [0.15, 0.2) is 0 Å². The zero-order valence-electron chi connectivity index (χ0n) is 14.1. The van der Waals surface area contributed by atoms with Crippen molar-refractivity contribution in [3.8, 4) is 0 Å². The number of aromatic nitrogens is 1. The highest BCUT2D eigenvalue weighted by molar-refractivity contribution is 5.95. The Bertz CT molecular complexity index is 433. The van der Waals surface area contributed by atoms with Crippen molar-refractivity contribution in [3.05, 3.63) is 23.4 Å². The molecule has 4 heteroatoms. The largest absolute Gasteiger partial charge is 0.373 e. The molecule has 1 aromatic rings. The maximum absolute atomic E-state index is 12.7. The zero-order valence-corrected chi connectivity index (χ0v) is 14.1. The number of anilines is 1. The first-order valence-electron chi connectivity index (χ1n) is 8.07. The minimum absolute atomic E-state index is 0.109. The number of aryl methyl sites for hydroxylation is 1. The molecule has 1 amide bonds. The summed E-state index contributed by atoms with van der Waals surface area (Å²) < 4.78 is 0. The number of pyridine rings is 1. The third-order valence-corrected chi connectivity index (χ3v) is 4.05. The van der Waals surface area contributed by atoms with Crippen LogP contribution >= 0.6 is 0 Å². The highest BCUT2D eigenvalue weighted by Crippen LogP contribution is 2.16. The Morgan fingerprint density at radius 1 is 1.24 bits per heavy atom. The van der Waals surface area contributed by atoms with Crippen molar-refractivity contribution in [3.63, 3.8) is 0 Å². The fraction of sp³-hybridized carbons (Fsp3) is 0.647. The molecule has 0 bridgehead atoms. The fourth-order valence-corrected chi connectivity index (χ4v) is 2.42. The van der Waals surface area contributed by atoms with E-state index in [9.17, 15) is 4.79 Å². The van der Waals surface area contributed by atoms with Gasteiger partial charge in [-0.05, 0) is 31.4 Å². The van der Waals surface area contributed by atoms with E-state index in [1.54, 1.807) is 0 Å². The van der Waals surface area contributed by atoms with E-state index in [0.29, 0.717) is 5.92 Å². The van der Waals surface area contributed by atoms with Gasteiger partial charge in [0.1, 0.15) is 5.82 Å². The molecule has 0 saturated heterocycles. The Morgan fingerprint density at radius 3 is 2.38 bits per heavy atom. The van der Waals surface area contributed by atoms with E-state index in [2.05, 4.69) is 31.1 Å². The maximum atomic E-state index is 12.7. The van der Waals surface area contributed by atoms with Gasteiger partial charge in [0.25, 0.3) is 5.91 Å². The van der Waals surface area contributed by atoms with Gasteiger partial charge in [0.05, 0.1) is 0 Å². The molecule has 1 N–H and O–H groups in total. The summed E-state index contributed by atoms with van der Waals surface area (Å²) in [5.74, 6) is 1.44. The molecule has 0 aromatic carbocycles. The first-order valence-corrected chi connectivity index (χ1v) is 8.07. The Balaban J connectivity index is 2.98. The van der Waals surface area contributed by atoms with Crippen LogP contribution < -0.4 is 5.32 Å². The van der Waals surface area contributed by atoms with E-state index >= 15 is 0 Å². The summed E-state index contributed by atoms with van der Waals surface area (Å²) in [7, 11) is 1.83. The fourth-order valence-electron chi connectivity index (χ4n) is 2.42. The van der Waals surface area contributed by atoms with Crippen LogP contribution in [-0.2, 0) is 6.42 Å². The van der Waals surface area contributed by atoms with Crippen molar-refractivity contribution < 1.29 is 4.79 Å². The molecule has 0 radical (unpaired) electrons. The van der Waals surface area contributed by atoms with Gasteiger partial charge in [0, 0.05) is 31.4 Å². The minimum atomic E-state index is 0.109. The Hall–Kier alpha value is -1.58. The molecule has 1 aromatic heterocycles. The summed E-state index contributed by atoms with van der Waals surface area (Å²) in [6.07, 6.45) is 3.05. The van der Waals surface area contributed by atoms with E-state index in [1.807, 2.05) is 31.0 Å². The molecule has 21 heavy (non-hydrogen) atoms. The van der Waals surface area contributed by atoms with Gasteiger partial charge in [0.2, 0.25) is 0 Å². The van der Waals surface area contributed by atoms with E-state index in [1.165, 1.54) is 0 Å². The van der Waals surface area contributed by atoms with Gasteiger partial charge in [-0.1, -0.05) is 33.6 Å². The van der Waals surface area contributed by atoms with Crippen LogP contribution in [0, 0.1) is 5.92 Å². The molecular formula is C17H29N3O. The summed E-state index contributed by atoms with van der Waals surface area (Å²) in [6.45, 7) is 10.1. The number of hydrogen-bond donors (Lipinski definition) is 1. The lowest BCUT2D eigenvalue weighted by atomic mass is 10.0. The monoisotopic (exact) mass is 291 g/mol. The van der Waals surface area contributed by atoms with Crippen molar-refractivity contribution in [1.29, 1.82) is 0 Å². The standard InChI is InChI=1S/C17H29N3O/c1-6-13(7-2)12-20(9-4)17(21)14-10-15(8-3)19-16(11-14)18-5/h10-11,13H,6-9,12H2,1-5H3,(H,18,19). The molecule has 0 fully saturated rings. The first kappa shape index (κ1) is 17.5. The van der Waals surface area contributed by atoms with Crippen molar-refractivity contribution in [2.24, 2.45) is 5.92 Å². The van der Waals surface area contributed by atoms with Crippen LogP contribution in [0.4, 0.5) is 5.82 Å². The van der Waals surface area contributed by atoms with Crippen LogP contribution in [0.15, 0.2) is 12.1 Å². The summed E-state index contributed by atoms with van der Waals surface area (Å²) in [4.78, 5) is 19.1. The SMILES string of the molecule is CCc1cc(C(=O)N(CC)CC(CC)CC)cc(NC)n1. The Labute approximate surface area is 129 Å². The minimum Gasteiger partial charge on any atom is -0.373 e. The molecule has 4 nitrogen and oxygen atoms in total. The number of nitrogens with zero attached hydrogens (tertiary/aromatic N) is 2. The molecule has 0 atom stereocenters. The normalized spacial score (nSPS) is 10.8. The molecular weight excluding hydrogens is 262 g/mol. The van der Waals surface area contributed by atoms with Crippen LogP contribution in [0.1, 0.15) is 56.6 Å². The van der Waals surface area contributed by atoms with Crippen LogP contribution in [0.2, 0.25) is 0 Å². The number of hydrogen-bond acceptors (Lipinski definition) is 3. The molecule has 0 spiro atoms. The maximum Gasteiger partial charge on any atom is 0.254 e. The van der Waals surface area contributed by atoms with E-state index < -0.39 is 0 Å². The predicted molar refractivity (Wildman–Crippen MR) is 88.8 cm³/mol. The van der Waals surface area contributed by atoms with Crippen LogP contribution in [-0.4, -0.2) is 35.9 Å². The predicted octanol–water partition coefficient (Wildman–Crippen LogP) is 3.58. The zero-order chi connectivity index (χ0) is 15.8. The lowest BCUT2D eigenvalue weighted by Crippen LogP contribution is -2.35. The molecule has 1 heterocycles. The van der Waals surface area contributed by atoms with Crippen LogP contribution in [0.5, 0.6) is 0 Å². The number of carbonyl (C=O) groups excluding carboxylic acids is 1. The molecule has 0 saturated carbocycles. The summed E-state index contributed by atoms with van der Waals surface area (Å²) in [5, 5.41) is 3.04.